The Morgan fingerprint density at radius 1 is 1.17 bits per heavy atom. The molecule has 4 nitrogen and oxygen atoms in total. The molecule has 0 radical (unpaired) electrons. The molecule has 0 bridgehead atoms. The van der Waals surface area contributed by atoms with Gasteiger partial charge in [0, 0.05) is 6.54 Å². The molecule has 18 heavy (non-hydrogen) atoms. The summed E-state index contributed by atoms with van der Waals surface area (Å²) < 4.78 is 5.20. The van der Waals surface area contributed by atoms with E-state index < -0.39 is 0 Å². The average Bonchev–Trinajstić information content (AvgIpc) is 2.30. The zero-order valence-corrected chi connectivity index (χ0v) is 12.3. The maximum Gasteiger partial charge on any atom is 0.221 e. The molecule has 1 N–H and O–H groups in total. The van der Waals surface area contributed by atoms with Gasteiger partial charge in [0.1, 0.15) is 12.1 Å². The number of hydrogen-bond acceptors (Lipinski definition) is 4. The monoisotopic (exact) mass is 251 g/mol. The van der Waals surface area contributed by atoms with Crippen LogP contribution in [0, 0.1) is 24.7 Å². The molecule has 0 aliphatic carbocycles. The van der Waals surface area contributed by atoms with Crippen molar-refractivity contribution in [1.29, 1.82) is 0 Å². The van der Waals surface area contributed by atoms with Crippen molar-refractivity contribution in [3.05, 3.63) is 11.9 Å². The van der Waals surface area contributed by atoms with Crippen LogP contribution in [-0.2, 0) is 0 Å². The van der Waals surface area contributed by atoms with E-state index in [9.17, 15) is 0 Å². The fraction of sp³-hybridized carbons (Fsp3) is 0.714. The highest BCUT2D eigenvalue weighted by Gasteiger charge is 2.18. The van der Waals surface area contributed by atoms with Gasteiger partial charge in [0.25, 0.3) is 0 Å². The lowest BCUT2D eigenvalue weighted by Crippen LogP contribution is -2.25. The Balaban J connectivity index is 2.73. The van der Waals surface area contributed by atoms with Crippen LogP contribution in [-0.4, -0.2) is 23.6 Å². The number of nitrogens with one attached hydrogen (secondary N) is 1. The van der Waals surface area contributed by atoms with Gasteiger partial charge in [-0.1, -0.05) is 27.7 Å². The summed E-state index contributed by atoms with van der Waals surface area (Å²) in [7, 11) is 1.63. The van der Waals surface area contributed by atoms with Crippen molar-refractivity contribution in [2.75, 3.05) is 19.0 Å². The summed E-state index contributed by atoms with van der Waals surface area (Å²) in [5, 5.41) is 3.42. The summed E-state index contributed by atoms with van der Waals surface area (Å²) in [5.74, 6) is 3.44. The molecule has 0 fully saturated rings. The smallest absolute Gasteiger partial charge is 0.221 e. The molecular formula is C14H25N3O. The Kier molecular flexibility index (Phi) is 5.38. The minimum absolute atomic E-state index is 0.630. The molecule has 0 saturated heterocycles. The van der Waals surface area contributed by atoms with E-state index in [0.29, 0.717) is 23.6 Å². The predicted octanol–water partition coefficient (Wildman–Crippen LogP) is 3.13. The second-order valence-corrected chi connectivity index (χ2v) is 5.39. The van der Waals surface area contributed by atoms with Gasteiger partial charge < -0.3 is 10.1 Å². The fourth-order valence-electron chi connectivity index (χ4n) is 2.27. The lowest BCUT2D eigenvalue weighted by atomic mass is 9.85. The van der Waals surface area contributed by atoms with Gasteiger partial charge in [-0.3, -0.25) is 0 Å². The van der Waals surface area contributed by atoms with E-state index in [4.69, 9.17) is 4.74 Å². The molecule has 0 aliphatic heterocycles. The van der Waals surface area contributed by atoms with Crippen LogP contribution in [0.4, 0.5) is 5.82 Å². The molecule has 0 atom stereocenters. The number of nitrogens with zero attached hydrogens (tertiary/aromatic N) is 2. The summed E-state index contributed by atoms with van der Waals surface area (Å²) in [6.45, 7) is 12.0. The molecule has 1 rings (SSSR count). The molecule has 1 heterocycles. The van der Waals surface area contributed by atoms with Crippen LogP contribution in [0.2, 0.25) is 0 Å². The van der Waals surface area contributed by atoms with Crippen molar-refractivity contribution in [2.24, 2.45) is 17.8 Å². The zero-order chi connectivity index (χ0) is 13.7. The van der Waals surface area contributed by atoms with Crippen molar-refractivity contribution < 1.29 is 4.74 Å². The zero-order valence-electron chi connectivity index (χ0n) is 12.3. The highest BCUT2D eigenvalue weighted by Crippen LogP contribution is 2.23. The second-order valence-electron chi connectivity index (χ2n) is 5.39. The topological polar surface area (TPSA) is 47.0 Å². The van der Waals surface area contributed by atoms with Gasteiger partial charge in [0.05, 0.1) is 12.7 Å². The van der Waals surface area contributed by atoms with Crippen molar-refractivity contribution in [1.82, 2.24) is 9.97 Å². The molecule has 0 unspecified atom stereocenters. The Morgan fingerprint density at radius 3 is 2.28 bits per heavy atom. The quantitative estimate of drug-likeness (QED) is 0.843. The minimum Gasteiger partial charge on any atom is -0.481 e. The Hall–Kier alpha value is -1.32. The maximum absolute atomic E-state index is 5.20. The number of methoxy groups -OCH3 is 1. The third kappa shape index (κ3) is 3.59. The third-order valence-electron chi connectivity index (χ3n) is 3.45. The molecule has 0 aromatic carbocycles. The van der Waals surface area contributed by atoms with Gasteiger partial charge in [-0.25, -0.2) is 9.97 Å². The largest absolute Gasteiger partial charge is 0.481 e. The summed E-state index contributed by atoms with van der Waals surface area (Å²) in [6.07, 6.45) is 1.54. The molecule has 0 aliphatic rings. The number of rotatable bonds is 6. The normalized spacial score (nSPS) is 11.4. The van der Waals surface area contributed by atoms with Gasteiger partial charge in [0.2, 0.25) is 5.88 Å². The lowest BCUT2D eigenvalue weighted by Gasteiger charge is -2.25. The molecule has 102 valence electrons. The maximum atomic E-state index is 5.20. The third-order valence-corrected chi connectivity index (χ3v) is 3.45. The molecular weight excluding hydrogens is 226 g/mol. The lowest BCUT2D eigenvalue weighted by molar-refractivity contribution is 0.304. The Morgan fingerprint density at radius 2 is 1.78 bits per heavy atom. The number of ether oxygens (including phenoxy) is 1. The first-order valence-electron chi connectivity index (χ1n) is 6.56. The summed E-state index contributed by atoms with van der Waals surface area (Å²) in [5.41, 5.74) is 0.964. The van der Waals surface area contributed by atoms with Crippen molar-refractivity contribution in [3.8, 4) is 5.88 Å². The van der Waals surface area contributed by atoms with E-state index in [1.54, 1.807) is 7.11 Å². The highest BCUT2D eigenvalue weighted by molar-refractivity contribution is 5.47. The van der Waals surface area contributed by atoms with E-state index in [-0.39, 0.29) is 0 Å². The predicted molar refractivity (Wildman–Crippen MR) is 75.0 cm³/mol. The molecule has 1 aromatic heterocycles. The van der Waals surface area contributed by atoms with Gasteiger partial charge >= 0.3 is 0 Å². The summed E-state index contributed by atoms with van der Waals surface area (Å²) in [4.78, 5) is 8.36. The number of hydrogen-bond donors (Lipinski definition) is 1. The number of aromatic nitrogens is 2. The van der Waals surface area contributed by atoms with Gasteiger partial charge in [-0.05, 0) is 24.7 Å². The van der Waals surface area contributed by atoms with Crippen LogP contribution in [0.1, 0.15) is 33.3 Å². The van der Waals surface area contributed by atoms with Crippen LogP contribution < -0.4 is 10.1 Å². The summed E-state index contributed by atoms with van der Waals surface area (Å²) in [6, 6.07) is 0. The van der Waals surface area contributed by atoms with E-state index in [2.05, 4.69) is 43.0 Å². The highest BCUT2D eigenvalue weighted by atomic mass is 16.5. The second kappa shape index (κ2) is 6.57. The van der Waals surface area contributed by atoms with Crippen molar-refractivity contribution in [2.45, 2.75) is 34.6 Å². The van der Waals surface area contributed by atoms with Crippen LogP contribution in [0.15, 0.2) is 6.33 Å². The van der Waals surface area contributed by atoms with Crippen LogP contribution in [0.25, 0.3) is 0 Å². The van der Waals surface area contributed by atoms with Gasteiger partial charge in [0.15, 0.2) is 0 Å². The fourth-order valence-corrected chi connectivity index (χ4v) is 2.27. The number of anilines is 1. The minimum atomic E-state index is 0.630. The van der Waals surface area contributed by atoms with Gasteiger partial charge in [-0.2, -0.15) is 0 Å². The molecule has 0 spiro atoms. The first-order chi connectivity index (χ1) is 8.47. The van der Waals surface area contributed by atoms with E-state index in [1.165, 1.54) is 6.33 Å². The molecule has 0 amide bonds. The van der Waals surface area contributed by atoms with Crippen LogP contribution in [0.3, 0.4) is 0 Å². The first-order valence-corrected chi connectivity index (χ1v) is 6.56. The van der Waals surface area contributed by atoms with Gasteiger partial charge in [-0.15, -0.1) is 0 Å². The first kappa shape index (κ1) is 14.7. The SMILES string of the molecule is COc1ncnc(NCC(C(C)C)C(C)C)c1C. The molecule has 4 heteroatoms. The van der Waals surface area contributed by atoms with E-state index in [0.717, 1.165) is 17.9 Å². The molecule has 0 saturated carbocycles. The summed E-state index contributed by atoms with van der Waals surface area (Å²) >= 11 is 0. The van der Waals surface area contributed by atoms with Crippen molar-refractivity contribution >= 4 is 5.82 Å². The Labute approximate surface area is 110 Å². The average molecular weight is 251 g/mol. The Bertz CT molecular complexity index is 369. The molecule has 1 aromatic rings. The van der Waals surface area contributed by atoms with E-state index >= 15 is 0 Å². The van der Waals surface area contributed by atoms with Crippen molar-refractivity contribution in [3.63, 3.8) is 0 Å². The standard InChI is InChI=1S/C14H25N3O/c1-9(2)12(10(3)4)7-15-13-11(5)14(18-6)17-8-16-13/h8-10,12H,7H2,1-6H3,(H,15,16,17). The van der Waals surface area contributed by atoms with E-state index in [1.807, 2.05) is 6.92 Å². The van der Waals surface area contributed by atoms with Crippen LogP contribution >= 0.6 is 0 Å². The van der Waals surface area contributed by atoms with Crippen LogP contribution in [0.5, 0.6) is 5.88 Å².